The molecule has 0 saturated heterocycles. The van der Waals surface area contributed by atoms with Crippen LogP contribution in [0.5, 0.6) is 0 Å². The van der Waals surface area contributed by atoms with Gasteiger partial charge in [-0.3, -0.25) is 5.10 Å². The average Bonchev–Trinajstić information content (AvgIpc) is 2.72. The fraction of sp³-hybridized carbons (Fsp3) is 0.636. The summed E-state index contributed by atoms with van der Waals surface area (Å²) in [5, 5.41) is 11.2. The van der Waals surface area contributed by atoms with Crippen LogP contribution < -0.4 is 5.14 Å². The van der Waals surface area contributed by atoms with Crippen LogP contribution in [0.4, 0.5) is 0 Å². The number of nitrogens with one attached hydrogen (secondary N) is 1. The van der Waals surface area contributed by atoms with Gasteiger partial charge in [0.15, 0.2) is 5.69 Å². The zero-order chi connectivity index (χ0) is 14.0. The van der Waals surface area contributed by atoms with Crippen molar-refractivity contribution in [2.75, 3.05) is 0 Å². The third kappa shape index (κ3) is 3.13. The van der Waals surface area contributed by atoms with E-state index in [1.165, 1.54) is 6.92 Å². The van der Waals surface area contributed by atoms with Crippen molar-refractivity contribution in [3.8, 4) is 0 Å². The van der Waals surface area contributed by atoms with E-state index in [2.05, 4.69) is 10.2 Å². The number of aryl methyl sites for hydroxylation is 1. The van der Waals surface area contributed by atoms with Crippen molar-refractivity contribution in [3.63, 3.8) is 0 Å². The molecule has 0 bridgehead atoms. The number of aromatic amines is 1. The second kappa shape index (κ2) is 5.30. The number of hydrogen-bond donors (Lipinski definition) is 2. The predicted octanol–water partition coefficient (Wildman–Crippen LogP) is 0.855. The van der Waals surface area contributed by atoms with Crippen molar-refractivity contribution >= 4 is 16.0 Å². The van der Waals surface area contributed by atoms with E-state index in [1.807, 2.05) is 0 Å². The molecule has 1 heterocycles. The van der Waals surface area contributed by atoms with Gasteiger partial charge in [-0.2, -0.15) is 5.10 Å². The quantitative estimate of drug-likeness (QED) is 0.800. The van der Waals surface area contributed by atoms with Gasteiger partial charge in [0.1, 0.15) is 11.0 Å². The van der Waals surface area contributed by atoms with Crippen LogP contribution in [0.1, 0.15) is 48.3 Å². The van der Waals surface area contributed by atoms with Crippen molar-refractivity contribution in [1.82, 2.24) is 10.2 Å². The first-order valence-corrected chi connectivity index (χ1v) is 7.73. The van der Waals surface area contributed by atoms with Gasteiger partial charge in [0.2, 0.25) is 10.0 Å². The van der Waals surface area contributed by atoms with E-state index in [9.17, 15) is 13.2 Å². The Labute approximate surface area is 111 Å². The van der Waals surface area contributed by atoms with Gasteiger partial charge in [-0.05, 0) is 32.6 Å². The third-order valence-electron chi connectivity index (χ3n) is 3.19. The summed E-state index contributed by atoms with van der Waals surface area (Å²) in [6.45, 7) is 1.49. The lowest BCUT2D eigenvalue weighted by molar-refractivity contribution is 0.0200. The van der Waals surface area contributed by atoms with Crippen molar-refractivity contribution in [1.29, 1.82) is 0 Å². The van der Waals surface area contributed by atoms with E-state index in [4.69, 9.17) is 9.88 Å². The number of H-pyrrole nitrogens is 1. The highest BCUT2D eigenvalue weighted by Gasteiger charge is 2.28. The van der Waals surface area contributed by atoms with Crippen LogP contribution in [-0.4, -0.2) is 30.7 Å². The lowest BCUT2D eigenvalue weighted by atomic mass is 9.98. The maximum absolute atomic E-state index is 12.0. The molecule has 1 fully saturated rings. The van der Waals surface area contributed by atoms with Gasteiger partial charge in [0, 0.05) is 0 Å². The number of nitrogens with zero attached hydrogens (tertiary/aromatic N) is 1. The Morgan fingerprint density at radius 3 is 2.58 bits per heavy atom. The van der Waals surface area contributed by atoms with Crippen molar-refractivity contribution in [2.24, 2.45) is 5.14 Å². The van der Waals surface area contributed by atoms with E-state index in [-0.39, 0.29) is 22.4 Å². The molecule has 106 valence electrons. The highest BCUT2D eigenvalue weighted by atomic mass is 32.2. The van der Waals surface area contributed by atoms with E-state index < -0.39 is 16.0 Å². The van der Waals surface area contributed by atoms with Crippen molar-refractivity contribution < 1.29 is 17.9 Å². The van der Waals surface area contributed by atoms with Crippen molar-refractivity contribution in [2.45, 2.75) is 50.0 Å². The Kier molecular flexibility index (Phi) is 3.91. The highest BCUT2D eigenvalue weighted by molar-refractivity contribution is 7.89. The maximum Gasteiger partial charge on any atom is 0.360 e. The summed E-state index contributed by atoms with van der Waals surface area (Å²) in [4.78, 5) is 11.7. The molecule has 0 unspecified atom stereocenters. The van der Waals surface area contributed by atoms with E-state index in [0.717, 1.165) is 32.1 Å². The van der Waals surface area contributed by atoms with Gasteiger partial charge >= 0.3 is 5.97 Å². The summed E-state index contributed by atoms with van der Waals surface area (Å²) in [6, 6.07) is 0. The molecular formula is C11H17N3O4S. The van der Waals surface area contributed by atoms with Crippen molar-refractivity contribution in [3.05, 3.63) is 11.4 Å². The first kappa shape index (κ1) is 14.0. The minimum absolute atomic E-state index is 0.161. The molecule has 1 aromatic rings. The zero-order valence-corrected chi connectivity index (χ0v) is 11.5. The number of aromatic nitrogens is 2. The molecule has 0 spiro atoms. The highest BCUT2D eigenvalue weighted by Crippen LogP contribution is 2.23. The van der Waals surface area contributed by atoms with Gasteiger partial charge in [0.05, 0.1) is 5.69 Å². The topological polar surface area (TPSA) is 115 Å². The number of ether oxygens (including phenoxy) is 1. The molecule has 3 N–H and O–H groups in total. The maximum atomic E-state index is 12.0. The first-order chi connectivity index (χ1) is 8.89. The molecule has 19 heavy (non-hydrogen) atoms. The predicted molar refractivity (Wildman–Crippen MR) is 67.0 cm³/mol. The van der Waals surface area contributed by atoms with Crippen LogP contribution >= 0.6 is 0 Å². The molecule has 0 amide bonds. The fourth-order valence-electron chi connectivity index (χ4n) is 2.30. The third-order valence-corrected chi connectivity index (χ3v) is 4.26. The molecular weight excluding hydrogens is 270 g/mol. The molecule has 0 radical (unpaired) electrons. The molecule has 1 aliphatic carbocycles. The minimum atomic E-state index is -4.00. The summed E-state index contributed by atoms with van der Waals surface area (Å²) in [7, 11) is -4.00. The number of hydrogen-bond acceptors (Lipinski definition) is 5. The summed E-state index contributed by atoms with van der Waals surface area (Å²) < 4.78 is 28.2. The van der Waals surface area contributed by atoms with Crippen LogP contribution in [0.3, 0.4) is 0 Å². The van der Waals surface area contributed by atoms with Crippen LogP contribution in [0.2, 0.25) is 0 Å². The lowest BCUT2D eigenvalue weighted by Crippen LogP contribution is -2.23. The normalized spacial score (nSPS) is 17.4. The Bertz CT molecular complexity index is 573. The van der Waals surface area contributed by atoms with Gasteiger partial charge in [0.25, 0.3) is 0 Å². The first-order valence-electron chi connectivity index (χ1n) is 6.18. The largest absolute Gasteiger partial charge is 0.458 e. The summed E-state index contributed by atoms with van der Waals surface area (Å²) in [6.07, 6.45) is 4.61. The molecule has 7 nitrogen and oxygen atoms in total. The molecule has 8 heteroatoms. The number of primary sulfonamides is 1. The number of nitrogens with two attached hydrogens (primary N) is 1. The number of sulfonamides is 1. The van der Waals surface area contributed by atoms with E-state index >= 15 is 0 Å². The fourth-order valence-corrected chi connectivity index (χ4v) is 3.17. The van der Waals surface area contributed by atoms with E-state index in [1.54, 1.807) is 0 Å². The molecule has 0 aliphatic heterocycles. The van der Waals surface area contributed by atoms with Gasteiger partial charge in [-0.25, -0.2) is 18.4 Å². The van der Waals surface area contributed by atoms with Crippen LogP contribution in [0, 0.1) is 6.92 Å². The molecule has 0 atom stereocenters. The number of esters is 1. The Balaban J connectivity index is 2.20. The molecule has 1 aromatic heterocycles. The summed E-state index contributed by atoms with van der Waals surface area (Å²) >= 11 is 0. The number of rotatable bonds is 3. The standard InChI is InChI=1S/C11H17N3O4S/c1-7-10(19(12,16)17)9(14-13-7)11(15)18-8-5-3-2-4-6-8/h8H,2-6H2,1H3,(H,13,14)(H2,12,16,17). The van der Waals surface area contributed by atoms with Gasteiger partial charge in [-0.15, -0.1) is 0 Å². The Morgan fingerprint density at radius 1 is 1.37 bits per heavy atom. The summed E-state index contributed by atoms with van der Waals surface area (Å²) in [5.41, 5.74) is -0.0244. The van der Waals surface area contributed by atoms with E-state index in [0.29, 0.717) is 0 Å². The number of carbonyl (C=O) groups is 1. The smallest absolute Gasteiger partial charge is 0.360 e. The van der Waals surface area contributed by atoms with Crippen LogP contribution in [-0.2, 0) is 14.8 Å². The summed E-state index contributed by atoms with van der Waals surface area (Å²) in [5.74, 6) is -0.736. The lowest BCUT2D eigenvalue weighted by Gasteiger charge is -2.21. The SMILES string of the molecule is Cc1[nH]nc(C(=O)OC2CCCCC2)c1S(N)(=O)=O. The second-order valence-electron chi connectivity index (χ2n) is 4.74. The van der Waals surface area contributed by atoms with Gasteiger partial charge in [-0.1, -0.05) is 6.42 Å². The molecule has 0 aromatic carbocycles. The number of carbonyl (C=O) groups excluding carboxylic acids is 1. The minimum Gasteiger partial charge on any atom is -0.458 e. The Morgan fingerprint density at radius 2 is 2.00 bits per heavy atom. The molecule has 2 rings (SSSR count). The zero-order valence-electron chi connectivity index (χ0n) is 10.7. The van der Waals surface area contributed by atoms with Crippen LogP contribution in [0.25, 0.3) is 0 Å². The molecule has 1 saturated carbocycles. The second-order valence-corrected chi connectivity index (χ2v) is 6.23. The van der Waals surface area contributed by atoms with Crippen LogP contribution in [0.15, 0.2) is 4.90 Å². The molecule has 1 aliphatic rings. The van der Waals surface area contributed by atoms with Gasteiger partial charge < -0.3 is 4.74 Å². The Hall–Kier alpha value is -1.41. The average molecular weight is 287 g/mol. The monoisotopic (exact) mass is 287 g/mol.